The molecule has 3 fully saturated rings. The van der Waals surface area contributed by atoms with Crippen LogP contribution in [0.2, 0.25) is 0 Å². The highest BCUT2D eigenvalue weighted by Gasteiger charge is 2.48. The van der Waals surface area contributed by atoms with E-state index < -0.39 is 5.41 Å². The van der Waals surface area contributed by atoms with Gasteiger partial charge in [0.1, 0.15) is 0 Å². The Balaban J connectivity index is 1.69. The predicted molar refractivity (Wildman–Crippen MR) is 91.3 cm³/mol. The Bertz CT molecular complexity index is 484. The van der Waals surface area contributed by atoms with Gasteiger partial charge < -0.3 is 20.3 Å². The topological polar surface area (TPSA) is 75.9 Å². The zero-order valence-corrected chi connectivity index (χ0v) is 14.9. The van der Waals surface area contributed by atoms with Gasteiger partial charge in [0.05, 0.1) is 18.6 Å². The van der Waals surface area contributed by atoms with Gasteiger partial charge in [0.2, 0.25) is 11.8 Å². The van der Waals surface area contributed by atoms with Gasteiger partial charge >= 0.3 is 0 Å². The molecule has 2 amide bonds. The lowest BCUT2D eigenvalue weighted by Gasteiger charge is -2.35. The fraction of sp³-hybridized carbons (Fsp3) is 0.889. The van der Waals surface area contributed by atoms with E-state index >= 15 is 0 Å². The lowest BCUT2D eigenvalue weighted by atomic mass is 9.80. The van der Waals surface area contributed by atoms with Crippen molar-refractivity contribution in [1.82, 2.24) is 9.80 Å². The molecule has 2 heterocycles. The minimum absolute atomic E-state index is 0.0314. The molecule has 3 aliphatic rings. The highest BCUT2D eigenvalue weighted by atomic mass is 16.5. The van der Waals surface area contributed by atoms with Gasteiger partial charge in [0.25, 0.3) is 0 Å². The molecular weight excluding hydrogens is 306 g/mol. The Morgan fingerprint density at radius 3 is 2.29 bits per heavy atom. The summed E-state index contributed by atoms with van der Waals surface area (Å²) in [5.74, 6) is 0.313. The van der Waals surface area contributed by atoms with Gasteiger partial charge in [0.15, 0.2) is 0 Å². The standard InChI is InChI=1S/C18H31N3O3/c1-17(13-19)6-7-21(14-17)16(23)18(4-2-3-5-18)12-15(22)20-8-10-24-11-9-20/h2-14,19H2,1H3. The van der Waals surface area contributed by atoms with Gasteiger partial charge in [0, 0.05) is 32.6 Å². The molecule has 6 nitrogen and oxygen atoms in total. The summed E-state index contributed by atoms with van der Waals surface area (Å²) in [6.07, 6.45) is 5.11. The maximum Gasteiger partial charge on any atom is 0.229 e. The molecule has 1 aliphatic carbocycles. The fourth-order valence-electron chi connectivity index (χ4n) is 4.43. The molecule has 1 atom stereocenters. The number of ether oxygens (including phenoxy) is 1. The number of carbonyl (C=O) groups excluding carboxylic acids is 2. The lowest BCUT2D eigenvalue weighted by Crippen LogP contribution is -2.48. The molecule has 6 heteroatoms. The molecule has 0 aromatic carbocycles. The van der Waals surface area contributed by atoms with E-state index in [2.05, 4.69) is 6.92 Å². The summed E-state index contributed by atoms with van der Waals surface area (Å²) in [6, 6.07) is 0. The van der Waals surface area contributed by atoms with Gasteiger partial charge in [-0.15, -0.1) is 0 Å². The molecule has 1 unspecified atom stereocenters. The zero-order chi connectivity index (χ0) is 17.2. The van der Waals surface area contributed by atoms with Gasteiger partial charge in [-0.2, -0.15) is 0 Å². The van der Waals surface area contributed by atoms with Crippen LogP contribution in [0, 0.1) is 10.8 Å². The van der Waals surface area contributed by atoms with E-state index in [1.165, 1.54) is 0 Å². The van der Waals surface area contributed by atoms with Gasteiger partial charge in [-0.1, -0.05) is 19.8 Å². The summed E-state index contributed by atoms with van der Waals surface area (Å²) in [5.41, 5.74) is 5.44. The number of nitrogens with zero attached hydrogens (tertiary/aromatic N) is 2. The van der Waals surface area contributed by atoms with Crippen molar-refractivity contribution in [3.63, 3.8) is 0 Å². The van der Waals surface area contributed by atoms with Crippen molar-refractivity contribution in [3.05, 3.63) is 0 Å². The van der Waals surface area contributed by atoms with Crippen LogP contribution in [-0.4, -0.2) is 67.6 Å². The van der Waals surface area contributed by atoms with Crippen molar-refractivity contribution in [1.29, 1.82) is 0 Å². The van der Waals surface area contributed by atoms with Crippen LogP contribution in [0.1, 0.15) is 45.4 Å². The molecule has 0 bridgehead atoms. The second-order valence-corrected chi connectivity index (χ2v) is 8.15. The molecule has 3 rings (SSSR count). The van der Waals surface area contributed by atoms with E-state index in [-0.39, 0.29) is 17.2 Å². The fourth-order valence-corrected chi connectivity index (χ4v) is 4.43. The molecule has 24 heavy (non-hydrogen) atoms. The van der Waals surface area contributed by atoms with E-state index in [0.29, 0.717) is 39.3 Å². The lowest BCUT2D eigenvalue weighted by molar-refractivity contribution is -0.149. The van der Waals surface area contributed by atoms with Crippen molar-refractivity contribution >= 4 is 11.8 Å². The normalized spacial score (nSPS) is 29.9. The Hall–Kier alpha value is -1.14. The number of nitrogens with two attached hydrogens (primary N) is 1. The number of likely N-dealkylation sites (tertiary alicyclic amines) is 1. The smallest absolute Gasteiger partial charge is 0.229 e. The van der Waals surface area contributed by atoms with Crippen LogP contribution in [0.3, 0.4) is 0 Å². The first-order valence-corrected chi connectivity index (χ1v) is 9.33. The van der Waals surface area contributed by atoms with Crippen molar-refractivity contribution in [2.75, 3.05) is 45.9 Å². The van der Waals surface area contributed by atoms with Crippen LogP contribution in [0.25, 0.3) is 0 Å². The van der Waals surface area contributed by atoms with Crippen molar-refractivity contribution < 1.29 is 14.3 Å². The largest absolute Gasteiger partial charge is 0.378 e. The first kappa shape index (κ1) is 17.7. The molecule has 1 saturated carbocycles. The van der Waals surface area contributed by atoms with Gasteiger partial charge in [-0.25, -0.2) is 0 Å². The summed E-state index contributed by atoms with van der Waals surface area (Å²) < 4.78 is 5.33. The van der Waals surface area contributed by atoms with Crippen molar-refractivity contribution in [3.8, 4) is 0 Å². The van der Waals surface area contributed by atoms with Crippen LogP contribution in [0.15, 0.2) is 0 Å². The first-order valence-electron chi connectivity index (χ1n) is 9.33. The zero-order valence-electron chi connectivity index (χ0n) is 14.9. The predicted octanol–water partition coefficient (Wildman–Crippen LogP) is 0.993. The minimum atomic E-state index is -0.477. The molecular formula is C18H31N3O3. The number of morpholine rings is 1. The van der Waals surface area contributed by atoms with Crippen LogP contribution in [-0.2, 0) is 14.3 Å². The van der Waals surface area contributed by atoms with Crippen LogP contribution < -0.4 is 5.73 Å². The summed E-state index contributed by atoms with van der Waals surface area (Å²) in [6.45, 7) is 6.78. The van der Waals surface area contributed by atoms with E-state index in [1.54, 1.807) is 0 Å². The Labute approximate surface area is 144 Å². The molecule has 2 aliphatic heterocycles. The monoisotopic (exact) mass is 337 g/mol. The quantitative estimate of drug-likeness (QED) is 0.830. The van der Waals surface area contributed by atoms with Crippen molar-refractivity contribution in [2.24, 2.45) is 16.6 Å². The second kappa shape index (κ2) is 7.00. The maximum atomic E-state index is 13.3. The minimum Gasteiger partial charge on any atom is -0.378 e. The summed E-state index contributed by atoms with van der Waals surface area (Å²) >= 11 is 0. The van der Waals surface area contributed by atoms with Crippen LogP contribution in [0.4, 0.5) is 0 Å². The molecule has 2 N–H and O–H groups in total. The van der Waals surface area contributed by atoms with Crippen LogP contribution >= 0.6 is 0 Å². The van der Waals surface area contributed by atoms with E-state index in [1.807, 2.05) is 9.80 Å². The number of carbonyl (C=O) groups is 2. The molecule has 0 radical (unpaired) electrons. The van der Waals surface area contributed by atoms with Crippen LogP contribution in [0.5, 0.6) is 0 Å². The third kappa shape index (κ3) is 3.45. The summed E-state index contributed by atoms with van der Waals surface area (Å²) in [5, 5.41) is 0. The van der Waals surface area contributed by atoms with E-state index in [0.717, 1.165) is 45.2 Å². The summed E-state index contributed by atoms with van der Waals surface area (Å²) in [4.78, 5) is 29.9. The van der Waals surface area contributed by atoms with Gasteiger partial charge in [-0.3, -0.25) is 9.59 Å². The Morgan fingerprint density at radius 2 is 1.71 bits per heavy atom. The molecule has 0 aromatic heterocycles. The van der Waals surface area contributed by atoms with E-state index in [4.69, 9.17) is 10.5 Å². The van der Waals surface area contributed by atoms with Crippen molar-refractivity contribution in [2.45, 2.75) is 45.4 Å². The summed E-state index contributed by atoms with van der Waals surface area (Å²) in [7, 11) is 0. The number of hydrogen-bond donors (Lipinski definition) is 1. The number of hydrogen-bond acceptors (Lipinski definition) is 4. The Kier molecular flexibility index (Phi) is 5.16. The molecule has 136 valence electrons. The third-order valence-electron chi connectivity index (χ3n) is 6.21. The third-order valence-corrected chi connectivity index (χ3v) is 6.21. The maximum absolute atomic E-state index is 13.3. The second-order valence-electron chi connectivity index (χ2n) is 8.15. The molecule has 0 aromatic rings. The highest BCUT2D eigenvalue weighted by molar-refractivity contribution is 5.89. The number of amides is 2. The molecule has 2 saturated heterocycles. The average Bonchev–Trinajstić information content (AvgIpc) is 3.23. The average molecular weight is 337 g/mol. The Morgan fingerprint density at radius 1 is 1.04 bits per heavy atom. The first-order chi connectivity index (χ1) is 11.5. The number of rotatable bonds is 4. The SMILES string of the molecule is CC1(CN)CCN(C(=O)C2(CC(=O)N3CCOCC3)CCCC2)C1. The molecule has 0 spiro atoms. The van der Waals surface area contributed by atoms with Gasteiger partial charge in [-0.05, 0) is 31.2 Å². The van der Waals surface area contributed by atoms with E-state index in [9.17, 15) is 9.59 Å². The highest BCUT2D eigenvalue weighted by Crippen LogP contribution is 2.44.